The van der Waals surface area contributed by atoms with Gasteiger partial charge in [0.15, 0.2) is 0 Å². The molecule has 1 heterocycles. The minimum Gasteiger partial charge on any atom is -0.297 e. The summed E-state index contributed by atoms with van der Waals surface area (Å²) in [4.78, 5) is 2.66. The van der Waals surface area contributed by atoms with Gasteiger partial charge >= 0.3 is 0 Å². The Balaban J connectivity index is 0.00000144. The molecule has 0 radical (unpaired) electrons. The highest BCUT2D eigenvalue weighted by atomic mass is 15.2. The van der Waals surface area contributed by atoms with Crippen molar-refractivity contribution >= 4 is 0 Å². The van der Waals surface area contributed by atoms with Crippen LogP contribution in [-0.4, -0.2) is 23.5 Å². The quantitative estimate of drug-likeness (QED) is 0.637. The largest absolute Gasteiger partial charge is 0.297 e. The van der Waals surface area contributed by atoms with Gasteiger partial charge in [0, 0.05) is 18.6 Å². The summed E-state index contributed by atoms with van der Waals surface area (Å²) in [5, 5.41) is 0. The highest BCUT2D eigenvalue weighted by molar-refractivity contribution is 4.86. The Kier molecular flexibility index (Phi) is 4.98. The molecule has 1 saturated heterocycles. The number of likely N-dealkylation sites (tertiary alicyclic amines) is 1. The molecule has 1 heteroatoms. The van der Waals surface area contributed by atoms with Gasteiger partial charge in [0.2, 0.25) is 0 Å². The predicted molar refractivity (Wildman–Crippen MR) is 61.0 cm³/mol. The van der Waals surface area contributed by atoms with Crippen molar-refractivity contribution in [2.45, 2.75) is 60.5 Å². The molecule has 0 aromatic rings. The Morgan fingerprint density at radius 1 is 1.15 bits per heavy atom. The lowest BCUT2D eigenvalue weighted by atomic mass is 9.98. The second-order valence-electron chi connectivity index (χ2n) is 4.94. The van der Waals surface area contributed by atoms with Crippen LogP contribution in [0.2, 0.25) is 0 Å². The molecule has 1 fully saturated rings. The first-order valence-electron chi connectivity index (χ1n) is 5.28. The Morgan fingerprint density at radius 2 is 1.69 bits per heavy atom. The first kappa shape index (κ1) is 13.0. The highest BCUT2D eigenvalue weighted by Crippen LogP contribution is 2.29. The predicted octanol–water partition coefficient (Wildman–Crippen LogP) is 3.40. The highest BCUT2D eigenvalue weighted by Gasteiger charge is 2.32. The first-order chi connectivity index (χ1) is 5.52. The fourth-order valence-corrected chi connectivity index (χ4v) is 2.37. The van der Waals surface area contributed by atoms with E-state index in [2.05, 4.69) is 39.5 Å². The van der Waals surface area contributed by atoms with E-state index in [0.29, 0.717) is 0 Å². The van der Waals surface area contributed by atoms with Crippen molar-refractivity contribution in [2.75, 3.05) is 6.54 Å². The van der Waals surface area contributed by atoms with Crippen LogP contribution in [0.3, 0.4) is 0 Å². The van der Waals surface area contributed by atoms with E-state index < -0.39 is 0 Å². The van der Waals surface area contributed by atoms with Crippen molar-refractivity contribution in [3.8, 4) is 0 Å². The maximum Gasteiger partial charge on any atom is 0.0124 e. The van der Waals surface area contributed by atoms with Gasteiger partial charge in [-0.05, 0) is 32.1 Å². The molecule has 1 aliphatic heterocycles. The molecule has 0 saturated carbocycles. The summed E-state index contributed by atoms with van der Waals surface area (Å²) < 4.78 is 0. The average molecular weight is 185 g/mol. The third kappa shape index (κ3) is 2.98. The zero-order chi connectivity index (χ0) is 9.30. The van der Waals surface area contributed by atoms with Crippen LogP contribution in [0.5, 0.6) is 0 Å². The second kappa shape index (κ2) is 4.99. The van der Waals surface area contributed by atoms with Gasteiger partial charge in [-0.2, -0.15) is 0 Å². The maximum absolute atomic E-state index is 2.66. The van der Waals surface area contributed by atoms with Gasteiger partial charge in [0.1, 0.15) is 0 Å². The fourth-order valence-electron chi connectivity index (χ4n) is 2.37. The van der Waals surface area contributed by atoms with Gasteiger partial charge in [0.25, 0.3) is 0 Å². The second-order valence-corrected chi connectivity index (χ2v) is 4.94. The van der Waals surface area contributed by atoms with E-state index in [1.54, 1.807) is 0 Å². The van der Waals surface area contributed by atoms with Crippen molar-refractivity contribution in [1.82, 2.24) is 4.90 Å². The van der Waals surface area contributed by atoms with Gasteiger partial charge in [-0.1, -0.05) is 28.2 Å². The Labute approximate surface area is 84.5 Å². The monoisotopic (exact) mass is 185 g/mol. The van der Waals surface area contributed by atoms with Crippen molar-refractivity contribution in [3.63, 3.8) is 0 Å². The molecular formula is C12H27N. The van der Waals surface area contributed by atoms with Crippen LogP contribution in [0.15, 0.2) is 0 Å². The van der Waals surface area contributed by atoms with Crippen LogP contribution in [0, 0.1) is 11.8 Å². The van der Waals surface area contributed by atoms with E-state index in [4.69, 9.17) is 0 Å². The Bertz CT molecular complexity index is 124. The van der Waals surface area contributed by atoms with Crippen LogP contribution in [0.4, 0.5) is 0 Å². The van der Waals surface area contributed by atoms with Crippen LogP contribution in [0.1, 0.15) is 48.5 Å². The Morgan fingerprint density at radius 3 is 2.00 bits per heavy atom. The zero-order valence-corrected chi connectivity index (χ0v) is 9.17. The number of nitrogens with zero attached hydrogens (tertiary/aromatic N) is 1. The maximum atomic E-state index is 2.66. The van der Waals surface area contributed by atoms with Crippen molar-refractivity contribution in [3.05, 3.63) is 0 Å². The molecule has 13 heavy (non-hydrogen) atoms. The van der Waals surface area contributed by atoms with Crippen LogP contribution in [0.25, 0.3) is 0 Å². The van der Waals surface area contributed by atoms with E-state index in [9.17, 15) is 0 Å². The summed E-state index contributed by atoms with van der Waals surface area (Å²) in [7, 11) is 0. The van der Waals surface area contributed by atoms with Gasteiger partial charge in [-0.15, -0.1) is 0 Å². The zero-order valence-electron chi connectivity index (χ0n) is 9.17. The lowest BCUT2D eigenvalue weighted by Gasteiger charge is -2.30. The van der Waals surface area contributed by atoms with Crippen molar-refractivity contribution < 1.29 is 0 Å². The molecule has 1 rings (SSSR count). The van der Waals surface area contributed by atoms with Crippen molar-refractivity contribution in [2.24, 2.45) is 11.8 Å². The molecule has 80 valence electrons. The third-order valence-corrected chi connectivity index (χ3v) is 3.03. The fraction of sp³-hybridized carbons (Fsp3) is 1.00. The molecule has 0 aromatic heterocycles. The molecule has 2 atom stereocenters. The third-order valence-electron chi connectivity index (χ3n) is 3.03. The van der Waals surface area contributed by atoms with Crippen LogP contribution < -0.4 is 0 Å². The Hall–Kier alpha value is -0.0400. The van der Waals surface area contributed by atoms with E-state index >= 15 is 0 Å². The number of hydrogen-bond acceptors (Lipinski definition) is 1. The molecule has 0 aliphatic carbocycles. The summed E-state index contributed by atoms with van der Waals surface area (Å²) >= 11 is 0. The number of hydrogen-bond donors (Lipinski definition) is 0. The molecule has 1 aliphatic rings. The van der Waals surface area contributed by atoms with Gasteiger partial charge < -0.3 is 0 Å². The normalized spacial score (nSPS) is 29.8. The topological polar surface area (TPSA) is 3.24 Å². The van der Waals surface area contributed by atoms with E-state index in [1.807, 2.05) is 0 Å². The molecule has 0 N–H and O–H groups in total. The lowest BCUT2D eigenvalue weighted by molar-refractivity contribution is 0.164. The van der Waals surface area contributed by atoms with E-state index in [-0.39, 0.29) is 7.43 Å². The average Bonchev–Trinajstić information content (AvgIpc) is 2.31. The molecule has 0 amide bonds. The summed E-state index contributed by atoms with van der Waals surface area (Å²) in [5.41, 5.74) is 0. The van der Waals surface area contributed by atoms with Crippen LogP contribution >= 0.6 is 0 Å². The first-order valence-corrected chi connectivity index (χ1v) is 5.28. The minimum atomic E-state index is 0. The molecule has 0 spiro atoms. The van der Waals surface area contributed by atoms with Crippen LogP contribution in [-0.2, 0) is 0 Å². The number of rotatable bonds is 2. The standard InChI is InChI=1S/C11H23N.CH4/c1-8(2)11-6-10(5)7-12(11)9(3)4;/h8-11H,6-7H2,1-5H3;1H4/t10?,11-;/m0./s1. The summed E-state index contributed by atoms with van der Waals surface area (Å²) in [6.07, 6.45) is 1.40. The minimum absolute atomic E-state index is 0. The van der Waals surface area contributed by atoms with Gasteiger partial charge in [0.05, 0.1) is 0 Å². The molecular weight excluding hydrogens is 158 g/mol. The summed E-state index contributed by atoms with van der Waals surface area (Å²) in [5.74, 6) is 1.72. The van der Waals surface area contributed by atoms with Gasteiger partial charge in [-0.3, -0.25) is 4.90 Å². The lowest BCUT2D eigenvalue weighted by Crippen LogP contribution is -2.38. The van der Waals surface area contributed by atoms with E-state index in [0.717, 1.165) is 23.9 Å². The molecule has 0 aromatic carbocycles. The van der Waals surface area contributed by atoms with E-state index in [1.165, 1.54) is 13.0 Å². The molecule has 1 unspecified atom stereocenters. The molecule has 1 nitrogen and oxygen atoms in total. The SMILES string of the molecule is C.CC1C[C@@H](C(C)C)N(C(C)C)C1. The smallest absolute Gasteiger partial charge is 0.0124 e. The molecule has 0 bridgehead atoms. The summed E-state index contributed by atoms with van der Waals surface area (Å²) in [6, 6.07) is 1.56. The summed E-state index contributed by atoms with van der Waals surface area (Å²) in [6.45, 7) is 13.0. The van der Waals surface area contributed by atoms with Gasteiger partial charge in [-0.25, -0.2) is 0 Å². The van der Waals surface area contributed by atoms with Crippen molar-refractivity contribution in [1.29, 1.82) is 0 Å².